The van der Waals surface area contributed by atoms with E-state index in [4.69, 9.17) is 0 Å². The summed E-state index contributed by atoms with van der Waals surface area (Å²) < 4.78 is 1.71. The van der Waals surface area contributed by atoms with E-state index in [0.717, 1.165) is 22.0 Å². The Morgan fingerprint density at radius 3 is 2.71 bits per heavy atom. The van der Waals surface area contributed by atoms with Gasteiger partial charge in [-0.05, 0) is 6.92 Å². The number of aromatic nitrogens is 3. The third kappa shape index (κ3) is 2.78. The van der Waals surface area contributed by atoms with E-state index >= 15 is 0 Å². The predicted molar refractivity (Wildman–Crippen MR) is 83.5 cm³/mol. The summed E-state index contributed by atoms with van der Waals surface area (Å²) in [7, 11) is 1.84. The summed E-state index contributed by atoms with van der Waals surface area (Å²) in [6.07, 6.45) is 1.95. The molecule has 0 aliphatic carbocycles. The van der Waals surface area contributed by atoms with Gasteiger partial charge in [0.1, 0.15) is 5.01 Å². The summed E-state index contributed by atoms with van der Waals surface area (Å²) in [6.45, 7) is 1.90. The van der Waals surface area contributed by atoms with E-state index in [0.29, 0.717) is 12.0 Å². The summed E-state index contributed by atoms with van der Waals surface area (Å²) in [5.41, 5.74) is 3.56. The highest BCUT2D eigenvalue weighted by Crippen LogP contribution is 2.22. The van der Waals surface area contributed by atoms with Crippen LogP contribution in [-0.4, -0.2) is 20.5 Å². The second-order valence-electron chi connectivity index (χ2n) is 4.86. The Morgan fingerprint density at radius 1 is 1.29 bits per heavy atom. The van der Waals surface area contributed by atoms with Crippen molar-refractivity contribution in [3.8, 4) is 11.3 Å². The molecule has 0 saturated carbocycles. The molecular weight excluding hydrogens is 282 g/mol. The molecule has 1 aromatic carbocycles. The highest BCUT2D eigenvalue weighted by atomic mass is 32.1. The van der Waals surface area contributed by atoms with Crippen LogP contribution in [-0.2, 0) is 13.5 Å². The van der Waals surface area contributed by atoms with Gasteiger partial charge < -0.3 is 0 Å². The number of hydrogen-bond acceptors (Lipinski definition) is 4. The van der Waals surface area contributed by atoms with Crippen LogP contribution in [0.1, 0.15) is 21.1 Å². The molecule has 0 radical (unpaired) electrons. The second kappa shape index (κ2) is 5.61. The fourth-order valence-electron chi connectivity index (χ4n) is 2.14. The molecule has 2 heterocycles. The van der Waals surface area contributed by atoms with E-state index < -0.39 is 0 Å². The lowest BCUT2D eigenvalue weighted by Gasteiger charge is -1.98. The van der Waals surface area contributed by atoms with E-state index in [2.05, 4.69) is 10.1 Å². The van der Waals surface area contributed by atoms with Crippen LogP contribution in [0.3, 0.4) is 0 Å². The average molecular weight is 297 g/mol. The summed E-state index contributed by atoms with van der Waals surface area (Å²) in [6, 6.07) is 9.99. The minimum atomic E-state index is 0.0644. The van der Waals surface area contributed by atoms with Gasteiger partial charge in [-0.3, -0.25) is 9.48 Å². The molecule has 0 spiro atoms. The molecule has 0 atom stereocenters. The summed E-state index contributed by atoms with van der Waals surface area (Å²) >= 11 is 1.52. The maximum atomic E-state index is 12.3. The van der Waals surface area contributed by atoms with E-state index in [9.17, 15) is 4.79 Å². The van der Waals surface area contributed by atoms with Gasteiger partial charge in [-0.2, -0.15) is 5.10 Å². The lowest BCUT2D eigenvalue weighted by molar-refractivity contribution is 0.0992. The van der Waals surface area contributed by atoms with Crippen LogP contribution in [0.2, 0.25) is 0 Å². The van der Waals surface area contributed by atoms with Gasteiger partial charge in [-0.15, -0.1) is 11.3 Å². The minimum Gasteiger partial charge on any atom is -0.294 e. The molecule has 0 N–H and O–H groups in total. The molecule has 0 aliphatic heterocycles. The van der Waals surface area contributed by atoms with E-state index in [1.807, 2.05) is 49.7 Å². The highest BCUT2D eigenvalue weighted by Gasteiger charge is 2.15. The van der Waals surface area contributed by atoms with Crippen LogP contribution >= 0.6 is 11.3 Å². The number of carbonyl (C=O) groups is 1. The monoisotopic (exact) mass is 297 g/mol. The second-order valence-corrected chi connectivity index (χ2v) is 5.80. The van der Waals surface area contributed by atoms with Gasteiger partial charge >= 0.3 is 0 Å². The quantitative estimate of drug-likeness (QED) is 0.694. The van der Waals surface area contributed by atoms with Gasteiger partial charge in [0.25, 0.3) is 0 Å². The number of benzene rings is 1. The van der Waals surface area contributed by atoms with Crippen molar-refractivity contribution in [3.63, 3.8) is 0 Å². The van der Waals surface area contributed by atoms with Crippen LogP contribution in [0.25, 0.3) is 11.3 Å². The van der Waals surface area contributed by atoms with Crippen molar-refractivity contribution < 1.29 is 4.79 Å². The Labute approximate surface area is 127 Å². The van der Waals surface area contributed by atoms with Crippen LogP contribution in [0.15, 0.2) is 41.9 Å². The molecule has 0 bridgehead atoms. The molecule has 3 aromatic rings. The van der Waals surface area contributed by atoms with Gasteiger partial charge in [0.2, 0.25) is 0 Å². The molecule has 3 rings (SSSR count). The van der Waals surface area contributed by atoms with E-state index in [-0.39, 0.29) is 5.78 Å². The zero-order valence-corrected chi connectivity index (χ0v) is 12.7. The molecule has 0 saturated heterocycles. The predicted octanol–water partition coefficient (Wildman–Crippen LogP) is 3.28. The standard InChI is InChI=1S/C16H15N3OS/c1-11-13(9-17-19(11)2)15(20)8-16-18-14(10-21-16)12-6-4-3-5-7-12/h3-7,9-10H,8H2,1-2H3. The maximum Gasteiger partial charge on any atom is 0.173 e. The van der Waals surface area contributed by atoms with Gasteiger partial charge in [0.15, 0.2) is 5.78 Å². The van der Waals surface area contributed by atoms with Crippen molar-refractivity contribution in [1.82, 2.24) is 14.8 Å². The van der Waals surface area contributed by atoms with Crippen molar-refractivity contribution in [2.45, 2.75) is 13.3 Å². The van der Waals surface area contributed by atoms with Crippen molar-refractivity contribution in [2.24, 2.45) is 7.05 Å². The van der Waals surface area contributed by atoms with Crippen molar-refractivity contribution >= 4 is 17.1 Å². The largest absolute Gasteiger partial charge is 0.294 e. The first-order chi connectivity index (χ1) is 10.1. The normalized spacial score (nSPS) is 10.8. The molecular formula is C16H15N3OS. The number of aryl methyl sites for hydroxylation is 1. The zero-order chi connectivity index (χ0) is 14.8. The molecule has 106 valence electrons. The van der Waals surface area contributed by atoms with Crippen molar-refractivity contribution in [2.75, 3.05) is 0 Å². The fourth-order valence-corrected chi connectivity index (χ4v) is 2.94. The van der Waals surface area contributed by atoms with Crippen molar-refractivity contribution in [1.29, 1.82) is 0 Å². The topological polar surface area (TPSA) is 47.8 Å². The van der Waals surface area contributed by atoms with Crippen LogP contribution < -0.4 is 0 Å². The maximum absolute atomic E-state index is 12.3. The first kappa shape index (κ1) is 13.7. The number of nitrogens with zero attached hydrogens (tertiary/aromatic N) is 3. The van der Waals surface area contributed by atoms with Gasteiger partial charge in [-0.25, -0.2) is 4.98 Å². The first-order valence-electron chi connectivity index (χ1n) is 6.67. The van der Waals surface area contributed by atoms with Gasteiger partial charge in [0.05, 0.1) is 23.9 Å². The van der Waals surface area contributed by atoms with Crippen molar-refractivity contribution in [3.05, 3.63) is 58.2 Å². The number of carbonyl (C=O) groups excluding carboxylic acids is 1. The SMILES string of the molecule is Cc1c(C(=O)Cc2nc(-c3ccccc3)cs2)cnn1C. The summed E-state index contributed by atoms with van der Waals surface area (Å²) in [5.74, 6) is 0.0644. The van der Waals surface area contributed by atoms with Crippen LogP contribution in [0.4, 0.5) is 0 Å². The van der Waals surface area contributed by atoms with Crippen LogP contribution in [0, 0.1) is 6.92 Å². The van der Waals surface area contributed by atoms with Crippen LogP contribution in [0.5, 0.6) is 0 Å². The summed E-state index contributed by atoms with van der Waals surface area (Å²) in [5, 5.41) is 6.94. The number of Topliss-reactive ketones (excluding diaryl/α,β-unsaturated/α-hetero) is 1. The molecule has 4 nitrogen and oxygen atoms in total. The Balaban J connectivity index is 1.79. The number of hydrogen-bond donors (Lipinski definition) is 0. The third-order valence-electron chi connectivity index (χ3n) is 3.47. The molecule has 21 heavy (non-hydrogen) atoms. The Morgan fingerprint density at radius 2 is 2.05 bits per heavy atom. The molecule has 0 fully saturated rings. The molecule has 2 aromatic heterocycles. The van der Waals surface area contributed by atoms with Gasteiger partial charge in [-0.1, -0.05) is 30.3 Å². The summed E-state index contributed by atoms with van der Waals surface area (Å²) in [4.78, 5) is 16.9. The lowest BCUT2D eigenvalue weighted by atomic mass is 10.1. The first-order valence-corrected chi connectivity index (χ1v) is 7.54. The number of ketones is 1. The highest BCUT2D eigenvalue weighted by molar-refractivity contribution is 7.10. The Kier molecular flexibility index (Phi) is 3.66. The average Bonchev–Trinajstić information content (AvgIpc) is 3.08. The molecule has 0 unspecified atom stereocenters. The Hall–Kier alpha value is -2.27. The molecule has 5 heteroatoms. The zero-order valence-electron chi connectivity index (χ0n) is 11.9. The lowest BCUT2D eigenvalue weighted by Crippen LogP contribution is -2.05. The number of thiazole rings is 1. The third-order valence-corrected chi connectivity index (χ3v) is 4.32. The van der Waals surface area contributed by atoms with E-state index in [1.165, 1.54) is 11.3 Å². The van der Waals surface area contributed by atoms with E-state index in [1.54, 1.807) is 10.9 Å². The smallest absolute Gasteiger partial charge is 0.173 e. The molecule has 0 amide bonds. The number of rotatable bonds is 4. The van der Waals surface area contributed by atoms with Gasteiger partial charge in [0, 0.05) is 23.7 Å². The fraction of sp³-hybridized carbons (Fsp3) is 0.188. The Bertz CT molecular complexity index is 774. The molecule has 0 aliphatic rings. The minimum absolute atomic E-state index is 0.0644.